The summed E-state index contributed by atoms with van der Waals surface area (Å²) in [4.78, 5) is 19.3. The number of allylic oxidation sites excluding steroid dienone is 2. The molecule has 0 bridgehead atoms. The molecule has 0 saturated heterocycles. The van der Waals surface area contributed by atoms with Crippen LogP contribution < -0.4 is 5.32 Å². The zero-order chi connectivity index (χ0) is 18.4. The van der Waals surface area contributed by atoms with Crippen LogP contribution in [0.15, 0.2) is 55.4 Å². The summed E-state index contributed by atoms with van der Waals surface area (Å²) in [5.74, 6) is 0.684. The van der Waals surface area contributed by atoms with Gasteiger partial charge in [0, 0.05) is 31.1 Å². The van der Waals surface area contributed by atoms with Gasteiger partial charge in [-0.25, -0.2) is 0 Å². The first-order chi connectivity index (χ1) is 12.7. The number of hydrogen-bond acceptors (Lipinski definition) is 4. The average molecular weight is 348 g/mol. The fourth-order valence-corrected chi connectivity index (χ4v) is 2.53. The summed E-state index contributed by atoms with van der Waals surface area (Å²) in [7, 11) is 0. The molecule has 0 fully saturated rings. The van der Waals surface area contributed by atoms with E-state index in [0.717, 1.165) is 11.3 Å². The fourth-order valence-electron chi connectivity index (χ4n) is 2.53. The van der Waals surface area contributed by atoms with Gasteiger partial charge in [-0.05, 0) is 36.8 Å². The lowest BCUT2D eigenvalue weighted by Crippen LogP contribution is -2.15. The van der Waals surface area contributed by atoms with Crippen LogP contribution in [-0.2, 0) is 11.3 Å². The van der Waals surface area contributed by atoms with Gasteiger partial charge in [-0.15, -0.1) is 10.2 Å². The molecule has 1 amide bonds. The number of nitrogens with zero attached hydrogens (tertiary/aromatic N) is 4. The number of rotatable bonds is 7. The maximum absolute atomic E-state index is 12.2. The average Bonchev–Trinajstić information content (AvgIpc) is 3.26. The number of aryl methyl sites for hydroxylation is 2. The summed E-state index contributed by atoms with van der Waals surface area (Å²) in [5, 5.41) is 10.7. The Hall–Kier alpha value is -3.48. The summed E-state index contributed by atoms with van der Waals surface area (Å²) in [6.07, 6.45) is 9.56. The summed E-state index contributed by atoms with van der Waals surface area (Å²) in [5.41, 5.74) is 2.88. The molecule has 7 nitrogen and oxygen atoms in total. The minimum absolute atomic E-state index is 0.140. The number of amides is 1. The van der Waals surface area contributed by atoms with E-state index in [9.17, 15) is 4.79 Å². The molecular weight excluding hydrogens is 328 g/mol. The highest BCUT2D eigenvalue weighted by molar-refractivity contribution is 5.89. The summed E-state index contributed by atoms with van der Waals surface area (Å²) < 4.78 is 2.04. The lowest BCUT2D eigenvalue weighted by atomic mass is 10.2. The number of carbonyl (C=O) groups excluding carboxylic acids is 1. The van der Waals surface area contributed by atoms with E-state index in [1.807, 2.05) is 54.1 Å². The van der Waals surface area contributed by atoms with Crippen LogP contribution >= 0.6 is 0 Å². The Balaban J connectivity index is 1.59. The van der Waals surface area contributed by atoms with Gasteiger partial charge in [0.25, 0.3) is 0 Å². The van der Waals surface area contributed by atoms with E-state index in [0.29, 0.717) is 30.4 Å². The molecule has 0 aliphatic rings. The van der Waals surface area contributed by atoms with Crippen LogP contribution in [0.25, 0.3) is 17.6 Å². The third-order valence-electron chi connectivity index (χ3n) is 3.84. The van der Waals surface area contributed by atoms with Gasteiger partial charge in [0.1, 0.15) is 5.69 Å². The Labute approximate surface area is 151 Å². The topological polar surface area (TPSA) is 88.5 Å². The molecule has 0 atom stereocenters. The molecule has 7 heteroatoms. The quantitative estimate of drug-likeness (QED) is 0.642. The number of H-pyrrole nitrogens is 1. The van der Waals surface area contributed by atoms with Gasteiger partial charge >= 0.3 is 0 Å². The van der Waals surface area contributed by atoms with Crippen LogP contribution in [-0.4, -0.2) is 30.6 Å². The number of aromatic amines is 1. The van der Waals surface area contributed by atoms with Crippen molar-refractivity contribution in [1.82, 2.24) is 24.7 Å². The monoisotopic (exact) mass is 348 g/mol. The molecule has 3 aromatic rings. The van der Waals surface area contributed by atoms with Crippen molar-refractivity contribution in [2.75, 3.05) is 5.32 Å². The normalized spacial score (nSPS) is 11.0. The Morgan fingerprint density at radius 1 is 1.35 bits per heavy atom. The lowest BCUT2D eigenvalue weighted by molar-refractivity contribution is -0.116. The van der Waals surface area contributed by atoms with Crippen molar-refractivity contribution < 1.29 is 4.79 Å². The Morgan fingerprint density at radius 3 is 3.00 bits per heavy atom. The molecule has 0 aliphatic heterocycles. The van der Waals surface area contributed by atoms with Crippen molar-refractivity contribution in [3.63, 3.8) is 0 Å². The molecule has 3 rings (SSSR count). The third kappa shape index (κ3) is 4.13. The van der Waals surface area contributed by atoms with Crippen molar-refractivity contribution >= 4 is 17.9 Å². The SMILES string of the molecule is C=C/C=C\c1c(C)ccn1CCC(=O)Nc1nnc(-c2ccccn2)[nH]1. The molecule has 2 N–H and O–H groups in total. The minimum Gasteiger partial charge on any atom is -0.347 e. The first kappa shape index (κ1) is 17.3. The van der Waals surface area contributed by atoms with Crippen molar-refractivity contribution in [2.24, 2.45) is 0 Å². The zero-order valence-electron chi connectivity index (χ0n) is 14.5. The minimum atomic E-state index is -0.140. The van der Waals surface area contributed by atoms with Crippen molar-refractivity contribution in [3.05, 3.63) is 66.6 Å². The predicted molar refractivity (Wildman–Crippen MR) is 101 cm³/mol. The standard InChI is InChI=1S/C19H20N6O/c1-3-4-8-16-14(2)9-12-25(16)13-10-17(26)21-19-22-18(23-24-19)15-7-5-6-11-20-15/h3-9,11-12H,1,10,13H2,2H3,(H2,21,22,23,24,26)/b8-4-. The largest absolute Gasteiger partial charge is 0.347 e. The van der Waals surface area contributed by atoms with Crippen LogP contribution in [0.2, 0.25) is 0 Å². The second-order valence-corrected chi connectivity index (χ2v) is 5.71. The molecule has 3 heterocycles. The molecule has 0 radical (unpaired) electrons. The number of nitrogens with one attached hydrogen (secondary N) is 2. The summed E-state index contributed by atoms with van der Waals surface area (Å²) >= 11 is 0. The van der Waals surface area contributed by atoms with Crippen LogP contribution in [0.4, 0.5) is 5.95 Å². The van der Waals surface area contributed by atoms with Crippen LogP contribution in [0, 0.1) is 6.92 Å². The van der Waals surface area contributed by atoms with E-state index in [1.54, 1.807) is 12.3 Å². The first-order valence-electron chi connectivity index (χ1n) is 8.26. The summed E-state index contributed by atoms with van der Waals surface area (Å²) in [6, 6.07) is 7.53. The summed E-state index contributed by atoms with van der Waals surface area (Å²) in [6.45, 7) is 6.29. The highest BCUT2D eigenvalue weighted by Crippen LogP contribution is 2.14. The number of pyridine rings is 1. The van der Waals surface area contributed by atoms with E-state index in [-0.39, 0.29) is 5.91 Å². The van der Waals surface area contributed by atoms with Crippen molar-refractivity contribution in [1.29, 1.82) is 0 Å². The Morgan fingerprint density at radius 2 is 2.23 bits per heavy atom. The molecule has 3 aromatic heterocycles. The maximum atomic E-state index is 12.2. The molecule has 0 spiro atoms. The van der Waals surface area contributed by atoms with Gasteiger partial charge in [0.15, 0.2) is 5.82 Å². The highest BCUT2D eigenvalue weighted by Gasteiger charge is 2.10. The van der Waals surface area contributed by atoms with E-state index >= 15 is 0 Å². The van der Waals surface area contributed by atoms with Crippen LogP contribution in [0.3, 0.4) is 0 Å². The Kier molecular flexibility index (Phi) is 5.38. The van der Waals surface area contributed by atoms with Crippen molar-refractivity contribution in [2.45, 2.75) is 19.9 Å². The molecule has 0 unspecified atom stereocenters. The third-order valence-corrected chi connectivity index (χ3v) is 3.84. The maximum Gasteiger partial charge on any atom is 0.228 e. The Bertz CT molecular complexity index is 923. The zero-order valence-corrected chi connectivity index (χ0v) is 14.5. The number of carbonyl (C=O) groups is 1. The van der Waals surface area contributed by atoms with Gasteiger partial charge in [0.05, 0.1) is 0 Å². The first-order valence-corrected chi connectivity index (χ1v) is 8.26. The second-order valence-electron chi connectivity index (χ2n) is 5.71. The number of hydrogen-bond donors (Lipinski definition) is 2. The van der Waals surface area contributed by atoms with Gasteiger partial charge in [-0.2, -0.15) is 0 Å². The van der Waals surface area contributed by atoms with Crippen molar-refractivity contribution in [3.8, 4) is 11.5 Å². The van der Waals surface area contributed by atoms with E-state index < -0.39 is 0 Å². The fraction of sp³-hybridized carbons (Fsp3) is 0.158. The van der Waals surface area contributed by atoms with E-state index in [1.165, 1.54) is 0 Å². The molecule has 26 heavy (non-hydrogen) atoms. The lowest BCUT2D eigenvalue weighted by Gasteiger charge is -2.07. The highest BCUT2D eigenvalue weighted by atomic mass is 16.1. The van der Waals surface area contributed by atoms with Crippen LogP contribution in [0.1, 0.15) is 17.7 Å². The molecular formula is C19H20N6O. The number of aromatic nitrogens is 5. The molecule has 0 aromatic carbocycles. The van der Waals surface area contributed by atoms with Gasteiger partial charge in [-0.3, -0.25) is 15.1 Å². The molecule has 132 valence electrons. The second kappa shape index (κ2) is 8.06. The van der Waals surface area contributed by atoms with Crippen LogP contribution in [0.5, 0.6) is 0 Å². The predicted octanol–water partition coefficient (Wildman–Crippen LogP) is 3.20. The molecule has 0 aliphatic carbocycles. The van der Waals surface area contributed by atoms with E-state index in [4.69, 9.17) is 0 Å². The smallest absolute Gasteiger partial charge is 0.228 e. The number of anilines is 1. The van der Waals surface area contributed by atoms with Gasteiger partial charge in [0.2, 0.25) is 11.9 Å². The molecule has 0 saturated carbocycles. The van der Waals surface area contributed by atoms with Gasteiger partial charge < -0.3 is 9.55 Å². The van der Waals surface area contributed by atoms with Gasteiger partial charge in [-0.1, -0.05) is 24.8 Å². The van der Waals surface area contributed by atoms with E-state index in [2.05, 4.69) is 32.1 Å².